The van der Waals surface area contributed by atoms with E-state index in [9.17, 15) is 0 Å². The second kappa shape index (κ2) is 5.49. The molecule has 0 atom stereocenters. The summed E-state index contributed by atoms with van der Waals surface area (Å²) in [5.41, 5.74) is 9.99. The van der Waals surface area contributed by atoms with Gasteiger partial charge in [0.2, 0.25) is 0 Å². The number of rotatable bonds is 3. The molecule has 1 aromatic carbocycles. The zero-order valence-electron chi connectivity index (χ0n) is 12.7. The lowest BCUT2D eigenvalue weighted by Crippen LogP contribution is -2.04. The number of hydrogen-bond donors (Lipinski definition) is 1. The van der Waals surface area contributed by atoms with Gasteiger partial charge in [-0.05, 0) is 31.0 Å². The Morgan fingerprint density at radius 2 is 1.80 bits per heavy atom. The van der Waals surface area contributed by atoms with Crippen LogP contribution in [0.3, 0.4) is 0 Å². The van der Waals surface area contributed by atoms with E-state index in [1.54, 1.807) is 13.2 Å². The Morgan fingerprint density at radius 1 is 1.10 bits per heavy atom. The maximum absolute atomic E-state index is 5.91. The van der Waals surface area contributed by atoms with Crippen molar-refractivity contribution < 1.29 is 4.74 Å². The zero-order chi connectivity index (χ0) is 14.9. The maximum atomic E-state index is 5.91. The third-order valence-electron chi connectivity index (χ3n) is 3.20. The van der Waals surface area contributed by atoms with Gasteiger partial charge in [0.05, 0.1) is 12.8 Å². The molecule has 4 nitrogen and oxygen atoms in total. The Hall–Kier alpha value is -2.10. The van der Waals surface area contributed by atoms with E-state index in [0.717, 1.165) is 34.0 Å². The first-order valence-corrected chi connectivity index (χ1v) is 6.72. The molecule has 0 unspecified atom stereocenters. The Labute approximate surface area is 120 Å². The molecule has 0 saturated carbocycles. The molecule has 0 saturated heterocycles. The van der Waals surface area contributed by atoms with Crippen LogP contribution in [0, 0.1) is 13.8 Å². The van der Waals surface area contributed by atoms with Crippen LogP contribution in [0.25, 0.3) is 11.3 Å². The number of anilines is 1. The average molecular weight is 271 g/mol. The summed E-state index contributed by atoms with van der Waals surface area (Å²) in [5.74, 6) is 2.28. The van der Waals surface area contributed by atoms with Crippen LogP contribution in [0.4, 0.5) is 5.82 Å². The summed E-state index contributed by atoms with van der Waals surface area (Å²) in [6.07, 6.45) is 0. The number of benzene rings is 1. The number of methoxy groups -OCH3 is 1. The van der Waals surface area contributed by atoms with Crippen LogP contribution in [0.1, 0.15) is 36.7 Å². The first-order chi connectivity index (χ1) is 9.42. The summed E-state index contributed by atoms with van der Waals surface area (Å²) in [6.45, 7) is 8.21. The molecular formula is C16H21N3O. The van der Waals surface area contributed by atoms with E-state index in [-0.39, 0.29) is 5.92 Å². The van der Waals surface area contributed by atoms with E-state index in [2.05, 4.69) is 36.8 Å². The van der Waals surface area contributed by atoms with Crippen molar-refractivity contribution in [1.82, 2.24) is 9.97 Å². The van der Waals surface area contributed by atoms with E-state index >= 15 is 0 Å². The predicted molar refractivity (Wildman–Crippen MR) is 82.0 cm³/mol. The molecule has 0 radical (unpaired) electrons. The van der Waals surface area contributed by atoms with Gasteiger partial charge in [0.15, 0.2) is 0 Å². The number of aryl methyl sites for hydroxylation is 2. The van der Waals surface area contributed by atoms with Crippen LogP contribution in [0.2, 0.25) is 0 Å². The van der Waals surface area contributed by atoms with Crippen LogP contribution in [0.15, 0.2) is 18.2 Å². The lowest BCUT2D eigenvalue weighted by atomic mass is 10.0. The zero-order valence-corrected chi connectivity index (χ0v) is 12.7. The highest BCUT2D eigenvalue weighted by Crippen LogP contribution is 2.34. The topological polar surface area (TPSA) is 61.0 Å². The molecule has 2 aromatic rings. The molecule has 0 aliphatic rings. The van der Waals surface area contributed by atoms with Crippen LogP contribution in [-0.2, 0) is 0 Å². The van der Waals surface area contributed by atoms with Crippen molar-refractivity contribution in [3.63, 3.8) is 0 Å². The van der Waals surface area contributed by atoms with Crippen molar-refractivity contribution >= 4 is 5.82 Å². The van der Waals surface area contributed by atoms with Crippen molar-refractivity contribution in [2.45, 2.75) is 33.6 Å². The molecule has 0 fully saturated rings. The minimum Gasteiger partial charge on any atom is -0.496 e. The van der Waals surface area contributed by atoms with Crippen molar-refractivity contribution in [3.05, 3.63) is 35.2 Å². The van der Waals surface area contributed by atoms with Gasteiger partial charge in [0, 0.05) is 17.5 Å². The first kappa shape index (κ1) is 14.3. The smallest absolute Gasteiger partial charge is 0.133 e. The Morgan fingerprint density at radius 3 is 2.40 bits per heavy atom. The normalized spacial score (nSPS) is 10.9. The lowest BCUT2D eigenvalue weighted by molar-refractivity contribution is 0.415. The first-order valence-electron chi connectivity index (χ1n) is 6.72. The molecule has 2 N–H and O–H groups in total. The molecule has 4 heteroatoms. The number of aromatic nitrogens is 2. The molecule has 0 spiro atoms. The fourth-order valence-corrected chi connectivity index (χ4v) is 2.29. The number of nitrogens with zero attached hydrogens (tertiary/aromatic N) is 2. The molecule has 1 heterocycles. The van der Waals surface area contributed by atoms with E-state index in [1.807, 2.05) is 13.0 Å². The number of nitrogen functional groups attached to an aromatic ring is 1. The highest BCUT2D eigenvalue weighted by atomic mass is 16.5. The van der Waals surface area contributed by atoms with Gasteiger partial charge in [0.25, 0.3) is 0 Å². The molecule has 1 aromatic heterocycles. The largest absolute Gasteiger partial charge is 0.496 e. The van der Waals surface area contributed by atoms with E-state index < -0.39 is 0 Å². The van der Waals surface area contributed by atoms with Gasteiger partial charge in [-0.1, -0.05) is 19.9 Å². The molecular weight excluding hydrogens is 250 g/mol. The summed E-state index contributed by atoms with van der Waals surface area (Å²) in [4.78, 5) is 8.92. The van der Waals surface area contributed by atoms with Crippen LogP contribution < -0.4 is 10.5 Å². The van der Waals surface area contributed by atoms with Gasteiger partial charge in [-0.3, -0.25) is 0 Å². The summed E-state index contributed by atoms with van der Waals surface area (Å²) < 4.78 is 5.50. The highest BCUT2D eigenvalue weighted by Gasteiger charge is 2.14. The third-order valence-corrected chi connectivity index (χ3v) is 3.20. The molecule has 20 heavy (non-hydrogen) atoms. The summed E-state index contributed by atoms with van der Waals surface area (Å²) in [5, 5.41) is 0. The lowest BCUT2D eigenvalue weighted by Gasteiger charge is -2.14. The van der Waals surface area contributed by atoms with Gasteiger partial charge in [0.1, 0.15) is 17.4 Å². The Kier molecular flexibility index (Phi) is 3.93. The SMILES string of the molecule is COc1cc(C)cc(C)c1-c1cc(N)nc(C(C)C)n1. The number of hydrogen-bond acceptors (Lipinski definition) is 4. The predicted octanol–water partition coefficient (Wildman–Crippen LogP) is 3.47. The highest BCUT2D eigenvalue weighted by molar-refractivity contribution is 5.73. The van der Waals surface area contributed by atoms with Crippen molar-refractivity contribution in [3.8, 4) is 17.0 Å². The van der Waals surface area contributed by atoms with E-state index in [0.29, 0.717) is 5.82 Å². The van der Waals surface area contributed by atoms with Gasteiger partial charge in [-0.2, -0.15) is 0 Å². The van der Waals surface area contributed by atoms with Crippen LogP contribution in [0.5, 0.6) is 5.75 Å². The Balaban J connectivity index is 2.68. The minimum atomic E-state index is 0.231. The summed E-state index contributed by atoms with van der Waals surface area (Å²) >= 11 is 0. The average Bonchev–Trinajstić information content (AvgIpc) is 2.36. The van der Waals surface area contributed by atoms with Crippen molar-refractivity contribution in [2.75, 3.05) is 12.8 Å². The van der Waals surface area contributed by atoms with Crippen LogP contribution >= 0.6 is 0 Å². The molecule has 0 aliphatic carbocycles. The minimum absolute atomic E-state index is 0.231. The van der Waals surface area contributed by atoms with Gasteiger partial charge >= 0.3 is 0 Å². The summed E-state index contributed by atoms with van der Waals surface area (Å²) in [6, 6.07) is 5.92. The molecule has 2 rings (SSSR count). The number of ether oxygens (including phenoxy) is 1. The fraction of sp³-hybridized carbons (Fsp3) is 0.375. The van der Waals surface area contributed by atoms with Crippen LogP contribution in [-0.4, -0.2) is 17.1 Å². The van der Waals surface area contributed by atoms with Crippen molar-refractivity contribution in [2.24, 2.45) is 0 Å². The van der Waals surface area contributed by atoms with E-state index in [4.69, 9.17) is 10.5 Å². The van der Waals surface area contributed by atoms with E-state index in [1.165, 1.54) is 0 Å². The molecule has 0 bridgehead atoms. The second-order valence-electron chi connectivity index (χ2n) is 5.35. The standard InChI is InChI=1S/C16H21N3O/c1-9(2)16-18-12(8-14(17)19-16)15-11(4)6-10(3)7-13(15)20-5/h6-9H,1-5H3,(H2,17,18,19). The Bertz CT molecular complexity index is 636. The van der Waals surface area contributed by atoms with Gasteiger partial charge in [-0.15, -0.1) is 0 Å². The maximum Gasteiger partial charge on any atom is 0.133 e. The van der Waals surface area contributed by atoms with Gasteiger partial charge < -0.3 is 10.5 Å². The molecule has 106 valence electrons. The monoisotopic (exact) mass is 271 g/mol. The third kappa shape index (κ3) is 2.74. The summed E-state index contributed by atoms with van der Waals surface area (Å²) in [7, 11) is 1.67. The fourth-order valence-electron chi connectivity index (χ4n) is 2.29. The number of nitrogens with two attached hydrogens (primary N) is 1. The second-order valence-corrected chi connectivity index (χ2v) is 5.35. The van der Waals surface area contributed by atoms with Gasteiger partial charge in [-0.25, -0.2) is 9.97 Å². The van der Waals surface area contributed by atoms with Crippen molar-refractivity contribution in [1.29, 1.82) is 0 Å². The molecule has 0 aliphatic heterocycles. The molecule has 0 amide bonds. The quantitative estimate of drug-likeness (QED) is 0.928.